The Morgan fingerprint density at radius 1 is 1.36 bits per heavy atom. The van der Waals surface area contributed by atoms with Gasteiger partial charge >= 0.3 is 0 Å². The molecule has 2 saturated heterocycles. The summed E-state index contributed by atoms with van der Waals surface area (Å²) in [6.07, 6.45) is 4.09. The van der Waals surface area contributed by atoms with Crippen molar-refractivity contribution in [3.63, 3.8) is 0 Å². The van der Waals surface area contributed by atoms with Crippen molar-refractivity contribution in [2.24, 2.45) is 0 Å². The number of nitrogens with one attached hydrogen (secondary N) is 1. The minimum atomic E-state index is -0.148. The second kappa shape index (κ2) is 7.44. The topological polar surface area (TPSA) is 83.7 Å². The summed E-state index contributed by atoms with van der Waals surface area (Å²) >= 11 is 1.58. The molecular formula is C20H24N4O3S. The molecule has 2 fully saturated rings. The Hall–Kier alpha value is -2.00. The third kappa shape index (κ3) is 3.30. The van der Waals surface area contributed by atoms with E-state index in [4.69, 9.17) is 19.2 Å². The number of ether oxygens (including phenoxy) is 1. The summed E-state index contributed by atoms with van der Waals surface area (Å²) < 4.78 is 12.0. The first-order valence-corrected chi connectivity index (χ1v) is 10.7. The van der Waals surface area contributed by atoms with E-state index in [1.165, 1.54) is 12.8 Å². The highest BCUT2D eigenvalue weighted by Gasteiger charge is 2.34. The Morgan fingerprint density at radius 3 is 2.89 bits per heavy atom. The average Bonchev–Trinajstić information content (AvgIpc) is 3.45. The van der Waals surface area contributed by atoms with Crippen molar-refractivity contribution in [1.29, 1.82) is 0 Å². The maximum Gasteiger partial charge on any atom is 0.298 e. The summed E-state index contributed by atoms with van der Waals surface area (Å²) in [6.45, 7) is 4.15. The van der Waals surface area contributed by atoms with Gasteiger partial charge in [-0.25, -0.2) is 4.98 Å². The molecule has 0 saturated carbocycles. The molecule has 8 heteroatoms. The third-order valence-electron chi connectivity index (χ3n) is 5.58. The molecule has 2 aliphatic rings. The molecule has 2 N–H and O–H groups in total. The predicted octanol–water partition coefficient (Wildman–Crippen LogP) is 2.96. The normalized spacial score (nSPS) is 22.9. The molecule has 3 aromatic rings. The Labute approximate surface area is 167 Å². The summed E-state index contributed by atoms with van der Waals surface area (Å²) in [7, 11) is 0. The van der Waals surface area contributed by atoms with Gasteiger partial charge in [-0.1, -0.05) is 0 Å². The molecule has 28 heavy (non-hydrogen) atoms. The number of anilines is 1. The van der Waals surface area contributed by atoms with Crippen LogP contribution in [0.4, 0.5) is 6.01 Å². The number of aliphatic hydroxyl groups is 1. The molecule has 4 heterocycles. The minimum Gasteiger partial charge on any atom is -0.423 e. The molecule has 2 bridgehead atoms. The molecule has 148 valence electrons. The largest absolute Gasteiger partial charge is 0.423 e. The summed E-state index contributed by atoms with van der Waals surface area (Å²) in [5, 5.41) is 15.6. The average molecular weight is 401 g/mol. The number of hydrogen-bond acceptors (Lipinski definition) is 8. The molecule has 0 aliphatic carbocycles. The first-order valence-electron chi connectivity index (χ1n) is 9.79. The summed E-state index contributed by atoms with van der Waals surface area (Å²) in [5.74, 6) is 0. The van der Waals surface area contributed by atoms with E-state index >= 15 is 0 Å². The van der Waals surface area contributed by atoms with Gasteiger partial charge < -0.3 is 24.5 Å². The van der Waals surface area contributed by atoms with Crippen LogP contribution in [0.2, 0.25) is 0 Å². The quantitative estimate of drug-likeness (QED) is 0.658. The number of fused-ring (bicyclic) bond motifs is 3. The lowest BCUT2D eigenvalue weighted by atomic mass is 10.1. The molecule has 2 aliphatic heterocycles. The maximum absolute atomic E-state index is 9.06. The molecule has 0 radical (unpaired) electrons. The van der Waals surface area contributed by atoms with Gasteiger partial charge in [0, 0.05) is 36.8 Å². The van der Waals surface area contributed by atoms with Gasteiger partial charge in [-0.2, -0.15) is 4.98 Å². The van der Waals surface area contributed by atoms with Gasteiger partial charge in [0.2, 0.25) is 0 Å². The Balaban J connectivity index is 1.55. The zero-order valence-electron chi connectivity index (χ0n) is 15.8. The number of thiazole rings is 1. The molecule has 5 rings (SSSR count). The third-order valence-corrected chi connectivity index (χ3v) is 6.39. The number of nitrogens with zero attached hydrogens (tertiary/aromatic N) is 3. The number of oxazole rings is 1. The fraction of sp³-hybridized carbons (Fsp3) is 0.500. The van der Waals surface area contributed by atoms with Crippen molar-refractivity contribution in [3.05, 3.63) is 29.3 Å². The Bertz CT molecular complexity index is 946. The van der Waals surface area contributed by atoms with Gasteiger partial charge in [-0.3, -0.25) is 0 Å². The van der Waals surface area contributed by atoms with Crippen molar-refractivity contribution < 1.29 is 14.3 Å². The van der Waals surface area contributed by atoms with E-state index in [1.54, 1.807) is 17.5 Å². The van der Waals surface area contributed by atoms with Crippen LogP contribution in [0.15, 0.2) is 28.1 Å². The molecule has 0 spiro atoms. The zero-order valence-corrected chi connectivity index (χ0v) is 16.6. The van der Waals surface area contributed by atoms with Crippen LogP contribution in [0.1, 0.15) is 31.4 Å². The van der Waals surface area contributed by atoms with Crippen molar-refractivity contribution >= 4 is 28.5 Å². The zero-order chi connectivity index (χ0) is 19.1. The van der Waals surface area contributed by atoms with Crippen LogP contribution in [0, 0.1) is 0 Å². The number of rotatable bonds is 6. The van der Waals surface area contributed by atoms with Crippen molar-refractivity contribution in [3.8, 4) is 10.6 Å². The van der Waals surface area contributed by atoms with E-state index in [0.29, 0.717) is 24.7 Å². The first-order chi connectivity index (χ1) is 13.7. The molecule has 2 aromatic heterocycles. The molecule has 1 aromatic carbocycles. The van der Waals surface area contributed by atoms with Crippen LogP contribution >= 0.6 is 11.3 Å². The smallest absolute Gasteiger partial charge is 0.298 e. The fourth-order valence-electron chi connectivity index (χ4n) is 4.21. The highest BCUT2D eigenvalue weighted by Crippen LogP contribution is 2.37. The molecule has 0 amide bonds. The SMILES string of the molecule is CC(OCCO)c1cc(-c2nccs2)c2oc(N3CC4CCC(C3)N4)nc2c1. The molecular weight excluding hydrogens is 376 g/mol. The van der Waals surface area contributed by atoms with Crippen LogP contribution in [0.25, 0.3) is 21.7 Å². The number of piperazine rings is 1. The summed E-state index contributed by atoms with van der Waals surface area (Å²) in [5.41, 5.74) is 3.54. The van der Waals surface area contributed by atoms with E-state index < -0.39 is 0 Å². The van der Waals surface area contributed by atoms with E-state index in [0.717, 1.165) is 40.3 Å². The van der Waals surface area contributed by atoms with Gasteiger partial charge in [0.1, 0.15) is 10.5 Å². The maximum atomic E-state index is 9.06. The van der Waals surface area contributed by atoms with Crippen molar-refractivity contribution in [2.75, 3.05) is 31.2 Å². The van der Waals surface area contributed by atoms with Crippen LogP contribution < -0.4 is 10.2 Å². The van der Waals surface area contributed by atoms with Gasteiger partial charge in [0.05, 0.1) is 24.9 Å². The van der Waals surface area contributed by atoms with Crippen LogP contribution in [-0.2, 0) is 4.74 Å². The second-order valence-corrected chi connectivity index (χ2v) is 8.42. The van der Waals surface area contributed by atoms with Crippen LogP contribution in [-0.4, -0.2) is 53.5 Å². The number of aliphatic hydroxyl groups excluding tert-OH is 1. The van der Waals surface area contributed by atoms with Crippen LogP contribution in [0.5, 0.6) is 0 Å². The number of benzene rings is 1. The number of hydrogen-bond donors (Lipinski definition) is 2. The molecule has 3 unspecified atom stereocenters. The van der Waals surface area contributed by atoms with Gasteiger partial charge in [-0.05, 0) is 37.5 Å². The van der Waals surface area contributed by atoms with Crippen LogP contribution in [0.3, 0.4) is 0 Å². The van der Waals surface area contributed by atoms with Crippen molar-refractivity contribution in [2.45, 2.75) is 38.0 Å². The standard InChI is InChI=1S/C20H24N4O3S/c1-12(26-6-5-25)13-8-16(19-21-4-7-28-19)18-17(9-13)23-20(27-18)24-10-14-2-3-15(11-24)22-14/h4,7-9,12,14-15,22,25H,2-3,5-6,10-11H2,1H3. The van der Waals surface area contributed by atoms with E-state index in [1.807, 2.05) is 18.4 Å². The fourth-order valence-corrected chi connectivity index (χ4v) is 4.86. The number of aromatic nitrogens is 2. The monoisotopic (exact) mass is 400 g/mol. The van der Waals surface area contributed by atoms with E-state index in [2.05, 4.69) is 21.3 Å². The predicted molar refractivity (Wildman–Crippen MR) is 109 cm³/mol. The lowest BCUT2D eigenvalue weighted by Crippen LogP contribution is -2.51. The van der Waals surface area contributed by atoms with E-state index in [-0.39, 0.29) is 12.7 Å². The van der Waals surface area contributed by atoms with E-state index in [9.17, 15) is 0 Å². The molecule has 7 nitrogen and oxygen atoms in total. The Morgan fingerprint density at radius 2 is 2.18 bits per heavy atom. The summed E-state index contributed by atoms with van der Waals surface area (Å²) in [4.78, 5) is 11.6. The first kappa shape index (κ1) is 18.1. The van der Waals surface area contributed by atoms with Gasteiger partial charge in [-0.15, -0.1) is 11.3 Å². The minimum absolute atomic E-state index is 0.00532. The lowest BCUT2D eigenvalue weighted by Gasteiger charge is -2.31. The lowest BCUT2D eigenvalue weighted by molar-refractivity contribution is 0.0386. The van der Waals surface area contributed by atoms with Gasteiger partial charge in [0.15, 0.2) is 5.58 Å². The molecule has 3 atom stereocenters. The highest BCUT2D eigenvalue weighted by molar-refractivity contribution is 7.13. The van der Waals surface area contributed by atoms with Gasteiger partial charge in [0.25, 0.3) is 6.01 Å². The summed E-state index contributed by atoms with van der Waals surface area (Å²) in [6, 6.07) is 5.83. The Kier molecular flexibility index (Phi) is 4.80. The highest BCUT2D eigenvalue weighted by atomic mass is 32.1. The second-order valence-electron chi connectivity index (χ2n) is 7.53. The van der Waals surface area contributed by atoms with Crippen molar-refractivity contribution in [1.82, 2.24) is 15.3 Å².